The number of anilines is 1. The molecule has 0 aromatic heterocycles. The molecule has 5 heteroatoms. The number of hydrogen-bond acceptors (Lipinski definition) is 3. The molecule has 1 unspecified atom stereocenters. The molecule has 2 aliphatic heterocycles. The summed E-state index contributed by atoms with van der Waals surface area (Å²) in [5, 5.41) is 0. The summed E-state index contributed by atoms with van der Waals surface area (Å²) in [7, 11) is 0. The summed E-state index contributed by atoms with van der Waals surface area (Å²) in [4.78, 5) is 29.9. The molecule has 0 N–H and O–H groups in total. The number of carbonyl (C=O) groups excluding carboxylic acids is 2. The Labute approximate surface area is 169 Å². The summed E-state index contributed by atoms with van der Waals surface area (Å²) in [5.41, 5.74) is 4.22. The van der Waals surface area contributed by atoms with E-state index in [1.165, 1.54) is 5.56 Å². The molecule has 2 aromatic rings. The fourth-order valence-electron chi connectivity index (χ4n) is 4.50. The van der Waals surface area contributed by atoms with Crippen LogP contribution in [0.4, 0.5) is 5.69 Å². The highest BCUT2D eigenvalue weighted by molar-refractivity contribution is 8.01. The second-order valence-corrected chi connectivity index (χ2v) is 9.29. The molecule has 28 heavy (non-hydrogen) atoms. The molecule has 2 aromatic carbocycles. The van der Waals surface area contributed by atoms with Crippen LogP contribution in [0, 0.1) is 12.8 Å². The van der Waals surface area contributed by atoms with Gasteiger partial charge in [-0.2, -0.15) is 0 Å². The highest BCUT2D eigenvalue weighted by Crippen LogP contribution is 2.55. The van der Waals surface area contributed by atoms with Crippen LogP contribution in [0.3, 0.4) is 0 Å². The molecule has 2 fully saturated rings. The maximum Gasteiger partial charge on any atom is 0.268 e. The first-order valence-electron chi connectivity index (χ1n) is 10.0. The van der Waals surface area contributed by atoms with Gasteiger partial charge in [0.2, 0.25) is 5.91 Å². The first-order chi connectivity index (χ1) is 13.6. The predicted molar refractivity (Wildman–Crippen MR) is 112 cm³/mol. The van der Waals surface area contributed by atoms with Gasteiger partial charge >= 0.3 is 0 Å². The van der Waals surface area contributed by atoms with Gasteiger partial charge in [-0.1, -0.05) is 54.4 Å². The molecule has 2 heterocycles. The number of benzene rings is 2. The zero-order chi connectivity index (χ0) is 19.3. The minimum atomic E-state index is -0.881. The Balaban J connectivity index is 1.55. The van der Waals surface area contributed by atoms with E-state index in [1.807, 2.05) is 34.1 Å². The molecular weight excluding hydrogens is 368 g/mol. The largest absolute Gasteiger partial charge is 0.315 e. The fraction of sp³-hybridized carbons (Fsp3) is 0.391. The van der Waals surface area contributed by atoms with Crippen LogP contribution < -0.4 is 4.90 Å². The normalized spacial score (nSPS) is 24.0. The van der Waals surface area contributed by atoms with Crippen LogP contribution in [0.15, 0.2) is 48.5 Å². The Hall–Kier alpha value is -2.27. The third-order valence-corrected chi connectivity index (χ3v) is 7.70. The zero-order valence-corrected chi connectivity index (χ0v) is 16.9. The van der Waals surface area contributed by atoms with Gasteiger partial charge in [0.25, 0.3) is 5.91 Å². The van der Waals surface area contributed by atoms with Gasteiger partial charge in [-0.25, -0.2) is 0 Å². The number of fused-ring (bicyclic) bond motifs is 2. The smallest absolute Gasteiger partial charge is 0.268 e. The van der Waals surface area contributed by atoms with Gasteiger partial charge in [-0.3, -0.25) is 9.59 Å². The van der Waals surface area contributed by atoms with Crippen molar-refractivity contribution >= 4 is 29.3 Å². The van der Waals surface area contributed by atoms with Gasteiger partial charge < -0.3 is 9.80 Å². The van der Waals surface area contributed by atoms with Crippen LogP contribution in [-0.4, -0.2) is 29.0 Å². The van der Waals surface area contributed by atoms with Gasteiger partial charge in [0.15, 0.2) is 4.87 Å². The van der Waals surface area contributed by atoms with E-state index in [-0.39, 0.29) is 17.7 Å². The molecule has 3 aliphatic rings. The van der Waals surface area contributed by atoms with Crippen LogP contribution in [0.25, 0.3) is 0 Å². The molecule has 0 radical (unpaired) electrons. The van der Waals surface area contributed by atoms with Gasteiger partial charge in [-0.15, -0.1) is 11.8 Å². The molecule has 1 saturated heterocycles. The monoisotopic (exact) mass is 392 g/mol. The summed E-state index contributed by atoms with van der Waals surface area (Å²) in [6, 6.07) is 16.3. The molecule has 1 atom stereocenters. The maximum absolute atomic E-state index is 13.8. The number of carbonyl (C=O) groups is 2. The lowest BCUT2D eigenvalue weighted by Crippen LogP contribution is -2.52. The summed E-state index contributed by atoms with van der Waals surface area (Å²) in [6.07, 6.45) is 3.03. The second-order valence-electron chi connectivity index (χ2n) is 8.00. The highest BCUT2D eigenvalue weighted by Gasteiger charge is 2.59. The minimum absolute atomic E-state index is 0.0319. The summed E-state index contributed by atoms with van der Waals surface area (Å²) in [5.74, 6) is 1.10. The third-order valence-electron chi connectivity index (χ3n) is 6.28. The lowest BCUT2D eigenvalue weighted by Gasteiger charge is -2.37. The lowest BCUT2D eigenvalue weighted by atomic mass is 9.84. The van der Waals surface area contributed by atoms with E-state index >= 15 is 0 Å². The summed E-state index contributed by atoms with van der Waals surface area (Å²) in [6.45, 7) is 3.25. The highest BCUT2D eigenvalue weighted by atomic mass is 32.2. The van der Waals surface area contributed by atoms with Crippen molar-refractivity contribution in [3.8, 4) is 0 Å². The molecule has 144 valence electrons. The Morgan fingerprint density at radius 1 is 1.14 bits per heavy atom. The van der Waals surface area contributed by atoms with E-state index in [1.54, 1.807) is 11.8 Å². The first-order valence-corrected chi connectivity index (χ1v) is 11.0. The van der Waals surface area contributed by atoms with Crippen LogP contribution in [-0.2, 0) is 21.0 Å². The average molecular weight is 393 g/mol. The van der Waals surface area contributed by atoms with Crippen molar-refractivity contribution in [3.63, 3.8) is 0 Å². The fourth-order valence-corrected chi connectivity index (χ4v) is 5.97. The molecule has 1 spiro atoms. The molecule has 2 amide bonds. The van der Waals surface area contributed by atoms with Gasteiger partial charge in [0, 0.05) is 23.8 Å². The van der Waals surface area contributed by atoms with Crippen LogP contribution in [0.2, 0.25) is 0 Å². The third kappa shape index (κ3) is 2.52. The lowest BCUT2D eigenvalue weighted by molar-refractivity contribution is -0.145. The average Bonchev–Trinajstić information content (AvgIpc) is 3.20. The quantitative estimate of drug-likeness (QED) is 0.791. The number of aryl methyl sites for hydroxylation is 1. The van der Waals surface area contributed by atoms with E-state index in [9.17, 15) is 9.59 Å². The van der Waals surface area contributed by atoms with E-state index < -0.39 is 4.87 Å². The summed E-state index contributed by atoms with van der Waals surface area (Å²) < 4.78 is 0. The molecule has 5 rings (SSSR count). The zero-order valence-electron chi connectivity index (χ0n) is 16.1. The Morgan fingerprint density at radius 3 is 2.61 bits per heavy atom. The van der Waals surface area contributed by atoms with Crippen LogP contribution in [0.5, 0.6) is 0 Å². The first kappa shape index (κ1) is 17.8. The molecule has 0 bridgehead atoms. The van der Waals surface area contributed by atoms with Gasteiger partial charge in [0.1, 0.15) is 0 Å². The Bertz CT molecular complexity index is 938. The number of nitrogens with zero attached hydrogens (tertiary/aromatic N) is 2. The molecule has 1 saturated carbocycles. The standard InChI is InChI=1S/C23H24N2O2S/c1-16-9-11-17(12-10-16)15-24-20-8-3-2-7-19(20)23(22(24)27)25(13-14-28-23)21(26)18-5-4-6-18/h2-3,7-12,18H,4-6,13-15H2,1H3. The SMILES string of the molecule is Cc1ccc(CN2C(=O)C3(SCCN3C(=O)C3CCC3)c3ccccc32)cc1. The number of para-hydroxylation sites is 1. The molecular formula is C23H24N2O2S. The van der Waals surface area contributed by atoms with E-state index in [4.69, 9.17) is 0 Å². The predicted octanol–water partition coefficient (Wildman–Crippen LogP) is 4.07. The van der Waals surface area contributed by atoms with Crippen LogP contribution >= 0.6 is 11.8 Å². The number of rotatable bonds is 3. The number of amides is 2. The second kappa shape index (κ2) is 6.66. The van der Waals surface area contributed by atoms with E-state index in [2.05, 4.69) is 31.2 Å². The number of thioether (sulfide) groups is 1. The van der Waals surface area contributed by atoms with Crippen molar-refractivity contribution in [1.82, 2.24) is 4.90 Å². The van der Waals surface area contributed by atoms with Crippen LogP contribution in [0.1, 0.15) is 36.0 Å². The van der Waals surface area contributed by atoms with Gasteiger partial charge in [0.05, 0.1) is 12.2 Å². The van der Waals surface area contributed by atoms with E-state index in [0.717, 1.165) is 41.8 Å². The summed E-state index contributed by atoms with van der Waals surface area (Å²) >= 11 is 1.62. The number of hydrogen-bond donors (Lipinski definition) is 0. The Kier molecular flexibility index (Phi) is 4.23. The van der Waals surface area contributed by atoms with Crippen molar-refractivity contribution in [2.45, 2.75) is 37.6 Å². The maximum atomic E-state index is 13.8. The van der Waals surface area contributed by atoms with Crippen molar-refractivity contribution in [1.29, 1.82) is 0 Å². The van der Waals surface area contributed by atoms with E-state index in [0.29, 0.717) is 13.1 Å². The van der Waals surface area contributed by atoms with Crippen molar-refractivity contribution < 1.29 is 9.59 Å². The van der Waals surface area contributed by atoms with Crippen molar-refractivity contribution in [3.05, 3.63) is 65.2 Å². The topological polar surface area (TPSA) is 40.6 Å². The van der Waals surface area contributed by atoms with Crippen molar-refractivity contribution in [2.75, 3.05) is 17.2 Å². The minimum Gasteiger partial charge on any atom is -0.315 e. The van der Waals surface area contributed by atoms with Gasteiger partial charge in [-0.05, 0) is 31.4 Å². The molecule has 1 aliphatic carbocycles. The molecule has 4 nitrogen and oxygen atoms in total. The Morgan fingerprint density at radius 2 is 1.89 bits per heavy atom. The van der Waals surface area contributed by atoms with Crippen molar-refractivity contribution in [2.24, 2.45) is 5.92 Å².